The first kappa shape index (κ1) is 54.0. The number of nitrogens with zero attached hydrogens (tertiary/aromatic N) is 8. The number of likely N-dealkylation sites (tertiary alicyclic amines) is 1. The predicted octanol–water partition coefficient (Wildman–Crippen LogP) is 5.71. The Morgan fingerprint density at radius 1 is 0.894 bits per heavy atom. The molecule has 18 nitrogen and oxygen atoms in total. The van der Waals surface area contributed by atoms with E-state index in [2.05, 4.69) is 46.3 Å². The van der Waals surface area contributed by atoms with Gasteiger partial charge < -0.3 is 35.5 Å². The molecule has 1 saturated heterocycles. The van der Waals surface area contributed by atoms with Crippen LogP contribution in [-0.2, 0) is 32.6 Å². The van der Waals surface area contributed by atoms with Gasteiger partial charge in [-0.05, 0) is 45.6 Å². The number of fused-ring (bicyclic) bond motifs is 1. The highest BCUT2D eigenvalue weighted by Crippen LogP contribution is 2.39. The minimum absolute atomic E-state index is 0.0331. The summed E-state index contributed by atoms with van der Waals surface area (Å²) in [4.78, 5) is 48.1. The average Bonchev–Trinajstić information content (AvgIpc) is 3.86. The smallest absolute Gasteiger partial charge is 0.475 e. The van der Waals surface area contributed by atoms with Crippen molar-refractivity contribution in [2.45, 2.75) is 100 Å². The van der Waals surface area contributed by atoms with Gasteiger partial charge in [-0.25, -0.2) is 29.3 Å². The van der Waals surface area contributed by atoms with Crippen LogP contribution in [0.1, 0.15) is 57.5 Å². The molecule has 0 aromatic carbocycles. The van der Waals surface area contributed by atoms with Crippen molar-refractivity contribution < 1.29 is 92.2 Å². The van der Waals surface area contributed by atoms with Gasteiger partial charge >= 0.3 is 42.6 Å². The van der Waals surface area contributed by atoms with Gasteiger partial charge in [-0.1, -0.05) is 0 Å². The molecule has 364 valence electrons. The fourth-order valence-corrected chi connectivity index (χ4v) is 6.21. The summed E-state index contributed by atoms with van der Waals surface area (Å²) in [6.07, 6.45) is -9.94. The number of carboxylic acids is 3. The standard InChI is InChI=1S/C30H35F3N10O2.3C2HF3O2/c1-28(2,44)15-35-13-20-11-24(41-27(40-20)30(31,32)33)45-22-5-3-21(4-6-22)42-16-29(17-42,8-9-34)43-14-19(12-39-43)25-23-7-10-36-26(23)38-18-37-25;3*3-2(4,5)1(6)7/h7,10-12,14,18,21-22,35,44H,3-6,8,13,15-17H2,1-2H3,(H,36,37,38);3*(H,6,7). The Morgan fingerprint density at radius 3 is 1.92 bits per heavy atom. The molecule has 0 unspecified atom stereocenters. The van der Waals surface area contributed by atoms with Gasteiger partial charge in [-0.3, -0.25) is 9.58 Å². The summed E-state index contributed by atoms with van der Waals surface area (Å²) < 4.78 is 144. The zero-order valence-electron chi connectivity index (χ0n) is 34.0. The number of aliphatic hydroxyl groups is 1. The molecule has 6 rings (SSSR count). The van der Waals surface area contributed by atoms with Gasteiger partial charge in [0.05, 0.1) is 35.7 Å². The highest BCUT2D eigenvalue weighted by atomic mass is 19.4. The summed E-state index contributed by atoms with van der Waals surface area (Å²) >= 11 is 0. The Bertz CT molecular complexity index is 2250. The van der Waals surface area contributed by atoms with E-state index in [-0.39, 0.29) is 36.8 Å². The fraction of sp³-hybridized carbons (Fsp3) is 0.528. The van der Waals surface area contributed by atoms with Crippen LogP contribution in [0.15, 0.2) is 37.1 Å². The highest BCUT2D eigenvalue weighted by molar-refractivity contribution is 5.90. The third kappa shape index (κ3) is 16.0. The van der Waals surface area contributed by atoms with Crippen LogP contribution in [0.2, 0.25) is 0 Å². The van der Waals surface area contributed by atoms with Gasteiger partial charge in [-0.15, -0.1) is 0 Å². The average molecular weight is 967 g/mol. The number of rotatable bonds is 10. The predicted molar refractivity (Wildman–Crippen MR) is 198 cm³/mol. The lowest BCUT2D eigenvalue weighted by atomic mass is 9.82. The van der Waals surface area contributed by atoms with E-state index in [0.29, 0.717) is 32.4 Å². The lowest BCUT2D eigenvalue weighted by molar-refractivity contribution is -0.193. The van der Waals surface area contributed by atoms with Crippen molar-refractivity contribution in [3.63, 3.8) is 0 Å². The van der Waals surface area contributed by atoms with E-state index in [1.807, 2.05) is 23.1 Å². The van der Waals surface area contributed by atoms with E-state index in [0.717, 1.165) is 35.1 Å². The molecule has 2 aliphatic rings. The number of carboxylic acid groups (broad SMARTS) is 3. The van der Waals surface area contributed by atoms with Gasteiger partial charge in [0.1, 0.15) is 23.6 Å². The van der Waals surface area contributed by atoms with Gasteiger partial charge in [-0.2, -0.15) is 68.0 Å². The summed E-state index contributed by atoms with van der Waals surface area (Å²) in [5, 5.41) is 49.4. The quantitative estimate of drug-likeness (QED) is 0.104. The molecule has 4 aromatic heterocycles. The first-order valence-corrected chi connectivity index (χ1v) is 18.7. The van der Waals surface area contributed by atoms with Crippen LogP contribution in [0, 0.1) is 11.3 Å². The van der Waals surface area contributed by atoms with E-state index < -0.39 is 59.6 Å². The number of alkyl halides is 12. The number of aromatic nitrogens is 7. The zero-order valence-corrected chi connectivity index (χ0v) is 34.0. The lowest BCUT2D eigenvalue weighted by Gasteiger charge is -2.53. The Labute approximate surface area is 363 Å². The Morgan fingerprint density at radius 2 is 1.44 bits per heavy atom. The molecule has 6 N–H and O–H groups in total. The summed E-state index contributed by atoms with van der Waals surface area (Å²) in [5.41, 5.74) is 1.04. The minimum atomic E-state index is -5.08. The van der Waals surface area contributed by atoms with E-state index in [1.54, 1.807) is 20.0 Å². The maximum atomic E-state index is 13.5. The SMILES string of the molecule is CC(C)(O)CNCc1cc(OC2CCC(N3CC(CC#N)(n4cc(-c5ncnc6[nH]ccc56)cn4)C3)CC2)nc(C(F)(F)F)n1.O=C(O)C(F)(F)F.O=C(O)C(F)(F)F.O=C(O)C(F)(F)F. The van der Waals surface area contributed by atoms with E-state index in [4.69, 9.17) is 34.4 Å². The maximum absolute atomic E-state index is 13.5. The molecule has 30 heteroatoms. The molecule has 1 aliphatic carbocycles. The van der Waals surface area contributed by atoms with Crippen LogP contribution in [-0.4, -0.2) is 134 Å². The van der Waals surface area contributed by atoms with Gasteiger partial charge in [0.2, 0.25) is 11.7 Å². The third-order valence-corrected chi connectivity index (χ3v) is 9.15. The topological polar surface area (TPSA) is 266 Å². The number of H-pyrrole nitrogens is 1. The molecular weight excluding hydrogens is 928 g/mol. The van der Waals surface area contributed by atoms with Gasteiger partial charge in [0.15, 0.2) is 0 Å². The molecule has 4 aromatic rings. The van der Waals surface area contributed by atoms with Crippen molar-refractivity contribution >= 4 is 28.9 Å². The number of halogens is 12. The number of ether oxygens (including phenoxy) is 1. The molecule has 1 saturated carbocycles. The monoisotopic (exact) mass is 966 g/mol. The molecule has 0 bridgehead atoms. The number of carbonyl (C=O) groups is 3. The van der Waals surface area contributed by atoms with Gasteiger partial charge in [0, 0.05) is 61.6 Å². The highest BCUT2D eigenvalue weighted by Gasteiger charge is 2.48. The van der Waals surface area contributed by atoms with Crippen molar-refractivity contribution in [3.05, 3.63) is 48.6 Å². The largest absolute Gasteiger partial charge is 0.490 e. The Balaban J connectivity index is 0.000000457. The van der Waals surface area contributed by atoms with Crippen LogP contribution in [0.5, 0.6) is 5.88 Å². The molecule has 66 heavy (non-hydrogen) atoms. The second-order valence-electron chi connectivity index (χ2n) is 15.0. The summed E-state index contributed by atoms with van der Waals surface area (Å²) in [6, 6.07) is 5.95. The van der Waals surface area contributed by atoms with Crippen LogP contribution in [0.3, 0.4) is 0 Å². The van der Waals surface area contributed by atoms with Crippen molar-refractivity contribution in [3.8, 4) is 23.2 Å². The minimum Gasteiger partial charge on any atom is -0.475 e. The molecular formula is C36H38F12N10O8. The number of aromatic amines is 1. The summed E-state index contributed by atoms with van der Waals surface area (Å²) in [7, 11) is 0. The molecule has 5 heterocycles. The maximum Gasteiger partial charge on any atom is 0.490 e. The van der Waals surface area contributed by atoms with Crippen LogP contribution < -0.4 is 10.1 Å². The fourth-order valence-electron chi connectivity index (χ4n) is 6.21. The van der Waals surface area contributed by atoms with Crippen molar-refractivity contribution in [2.24, 2.45) is 0 Å². The first-order valence-electron chi connectivity index (χ1n) is 18.7. The van der Waals surface area contributed by atoms with E-state index in [9.17, 15) is 63.1 Å². The number of nitriles is 1. The Hall–Kier alpha value is -6.35. The number of hydrogen-bond acceptors (Lipinski definition) is 13. The molecule has 2 fully saturated rings. The molecule has 0 spiro atoms. The Kier molecular flexibility index (Phi) is 17.4. The molecule has 1 aliphatic heterocycles. The summed E-state index contributed by atoms with van der Waals surface area (Å²) in [5.74, 6) is -9.62. The van der Waals surface area contributed by atoms with Crippen molar-refractivity contribution in [1.29, 1.82) is 5.26 Å². The van der Waals surface area contributed by atoms with E-state index in [1.165, 1.54) is 12.4 Å². The third-order valence-electron chi connectivity index (χ3n) is 9.15. The normalized spacial score (nSPS) is 17.6. The molecule has 0 radical (unpaired) electrons. The molecule has 0 atom stereocenters. The second-order valence-corrected chi connectivity index (χ2v) is 15.0. The van der Waals surface area contributed by atoms with Crippen LogP contribution >= 0.6 is 0 Å². The zero-order chi connectivity index (χ0) is 50.1. The van der Waals surface area contributed by atoms with E-state index >= 15 is 0 Å². The lowest BCUT2D eigenvalue weighted by Crippen LogP contribution is -2.65. The number of hydrogen-bond donors (Lipinski definition) is 6. The van der Waals surface area contributed by atoms with Crippen molar-refractivity contribution in [2.75, 3.05) is 19.6 Å². The molecule has 0 amide bonds. The van der Waals surface area contributed by atoms with Gasteiger partial charge in [0.25, 0.3) is 0 Å². The van der Waals surface area contributed by atoms with Crippen LogP contribution in [0.25, 0.3) is 22.3 Å². The second kappa shape index (κ2) is 21.3. The first-order chi connectivity index (χ1) is 30.3. The number of aliphatic carboxylic acids is 3. The summed E-state index contributed by atoms with van der Waals surface area (Å²) in [6.45, 7) is 4.76. The van der Waals surface area contributed by atoms with Crippen LogP contribution in [0.4, 0.5) is 52.7 Å². The van der Waals surface area contributed by atoms with Crippen molar-refractivity contribution in [1.82, 2.24) is 44.9 Å². The number of nitrogens with one attached hydrogen (secondary N) is 2.